The van der Waals surface area contributed by atoms with Crippen molar-refractivity contribution >= 4 is 21.9 Å². The molecule has 1 N–H and O–H groups in total. The molecule has 0 bridgehead atoms. The minimum Gasteiger partial charge on any atom is -0.496 e. The van der Waals surface area contributed by atoms with Gasteiger partial charge < -0.3 is 9.84 Å². The van der Waals surface area contributed by atoms with Crippen molar-refractivity contribution < 1.29 is 14.6 Å². The lowest BCUT2D eigenvalue weighted by Crippen LogP contribution is -2.23. The highest BCUT2D eigenvalue weighted by molar-refractivity contribution is 9.10. The maximum absolute atomic E-state index is 10.8. The van der Waals surface area contributed by atoms with E-state index >= 15 is 0 Å². The van der Waals surface area contributed by atoms with Crippen LogP contribution in [0.3, 0.4) is 0 Å². The summed E-state index contributed by atoms with van der Waals surface area (Å²) < 4.78 is 6.14. The third-order valence-electron chi connectivity index (χ3n) is 2.47. The Balaban J connectivity index is 3.24. The van der Waals surface area contributed by atoms with Gasteiger partial charge in [0.25, 0.3) is 0 Å². The van der Waals surface area contributed by atoms with E-state index in [-0.39, 0.29) is 6.42 Å². The Morgan fingerprint density at radius 1 is 1.50 bits per heavy atom. The van der Waals surface area contributed by atoms with Crippen LogP contribution in [0.1, 0.15) is 25.8 Å². The summed E-state index contributed by atoms with van der Waals surface area (Å²) in [5.41, 5.74) is 0.414. The Morgan fingerprint density at radius 2 is 2.12 bits per heavy atom. The summed E-state index contributed by atoms with van der Waals surface area (Å²) in [6, 6.07) is 5.59. The van der Waals surface area contributed by atoms with E-state index in [0.29, 0.717) is 5.75 Å². The lowest BCUT2D eigenvalue weighted by atomic mass is 9.81. The Hall–Kier alpha value is -1.03. The summed E-state index contributed by atoms with van der Waals surface area (Å²) in [6.45, 7) is 3.79. The second-order valence-corrected chi connectivity index (χ2v) is 5.13. The van der Waals surface area contributed by atoms with Gasteiger partial charge in [0.15, 0.2) is 0 Å². The van der Waals surface area contributed by atoms with Gasteiger partial charge in [-0.15, -0.1) is 0 Å². The number of ether oxygens (including phenoxy) is 1. The SMILES string of the molecule is COc1cccc(Br)c1C(C)(C)CC(=O)O. The minimum absolute atomic E-state index is 0.0615. The fourth-order valence-corrected chi connectivity index (χ4v) is 2.68. The molecule has 0 heterocycles. The van der Waals surface area contributed by atoms with Crippen molar-refractivity contribution in [1.82, 2.24) is 0 Å². The molecular weight excluding hydrogens is 272 g/mol. The molecule has 0 atom stereocenters. The molecule has 0 fully saturated rings. The van der Waals surface area contributed by atoms with E-state index in [1.807, 2.05) is 32.0 Å². The van der Waals surface area contributed by atoms with Gasteiger partial charge in [-0.2, -0.15) is 0 Å². The number of hydrogen-bond acceptors (Lipinski definition) is 2. The number of carboxylic acids is 1. The summed E-state index contributed by atoms with van der Waals surface area (Å²) in [6.07, 6.45) is 0.0615. The summed E-state index contributed by atoms with van der Waals surface area (Å²) in [5, 5.41) is 8.91. The standard InChI is InChI=1S/C12H15BrO3/c1-12(2,7-10(14)15)11-8(13)5-4-6-9(11)16-3/h4-6H,7H2,1-3H3,(H,14,15). The first kappa shape index (κ1) is 13.0. The van der Waals surface area contributed by atoms with Crippen LogP contribution in [0.4, 0.5) is 0 Å². The van der Waals surface area contributed by atoms with Crippen LogP contribution < -0.4 is 4.74 Å². The third-order valence-corrected chi connectivity index (χ3v) is 3.13. The van der Waals surface area contributed by atoms with Crippen LogP contribution in [0, 0.1) is 0 Å². The van der Waals surface area contributed by atoms with E-state index in [0.717, 1.165) is 10.0 Å². The van der Waals surface area contributed by atoms with Gasteiger partial charge in [-0.1, -0.05) is 35.8 Å². The van der Waals surface area contributed by atoms with Gasteiger partial charge in [0.1, 0.15) is 5.75 Å². The Morgan fingerprint density at radius 3 is 2.62 bits per heavy atom. The molecular formula is C12H15BrO3. The quantitative estimate of drug-likeness (QED) is 0.925. The molecule has 0 radical (unpaired) electrons. The number of carboxylic acid groups (broad SMARTS) is 1. The minimum atomic E-state index is -0.817. The van der Waals surface area contributed by atoms with E-state index in [4.69, 9.17) is 9.84 Å². The average Bonchev–Trinajstić information content (AvgIpc) is 2.14. The zero-order valence-corrected chi connectivity index (χ0v) is 11.2. The van der Waals surface area contributed by atoms with Crippen molar-refractivity contribution in [2.45, 2.75) is 25.7 Å². The first-order chi connectivity index (χ1) is 7.38. The van der Waals surface area contributed by atoms with Gasteiger partial charge in [-0.05, 0) is 12.1 Å². The van der Waals surface area contributed by atoms with Crippen LogP contribution in [0.25, 0.3) is 0 Å². The zero-order valence-electron chi connectivity index (χ0n) is 9.58. The molecule has 88 valence electrons. The van der Waals surface area contributed by atoms with Crippen molar-refractivity contribution in [3.05, 3.63) is 28.2 Å². The first-order valence-corrected chi connectivity index (χ1v) is 5.72. The highest BCUT2D eigenvalue weighted by atomic mass is 79.9. The predicted molar refractivity (Wildman–Crippen MR) is 66.0 cm³/mol. The molecule has 1 aromatic carbocycles. The van der Waals surface area contributed by atoms with E-state index in [2.05, 4.69) is 15.9 Å². The Bertz CT molecular complexity index is 399. The molecule has 16 heavy (non-hydrogen) atoms. The van der Waals surface area contributed by atoms with Crippen molar-refractivity contribution in [3.8, 4) is 5.75 Å². The molecule has 3 nitrogen and oxygen atoms in total. The van der Waals surface area contributed by atoms with Crippen LogP contribution in [0.15, 0.2) is 22.7 Å². The number of hydrogen-bond donors (Lipinski definition) is 1. The monoisotopic (exact) mass is 286 g/mol. The van der Waals surface area contributed by atoms with E-state index < -0.39 is 11.4 Å². The Labute approximate surface area is 104 Å². The van der Waals surface area contributed by atoms with Gasteiger partial charge in [-0.3, -0.25) is 4.79 Å². The molecule has 1 aromatic rings. The molecule has 4 heteroatoms. The fourth-order valence-electron chi connectivity index (χ4n) is 1.80. The molecule has 1 rings (SSSR count). The number of halogens is 1. The van der Waals surface area contributed by atoms with E-state index in [9.17, 15) is 4.79 Å². The lowest BCUT2D eigenvalue weighted by molar-refractivity contribution is -0.138. The van der Waals surface area contributed by atoms with Gasteiger partial charge in [-0.25, -0.2) is 0 Å². The highest BCUT2D eigenvalue weighted by Crippen LogP contribution is 2.39. The lowest BCUT2D eigenvalue weighted by Gasteiger charge is -2.26. The summed E-state index contributed by atoms with van der Waals surface area (Å²) in [5.74, 6) is -0.108. The number of aliphatic carboxylic acids is 1. The predicted octanol–water partition coefficient (Wildman–Crippen LogP) is 3.21. The second-order valence-electron chi connectivity index (χ2n) is 4.27. The molecule has 0 aliphatic rings. The van der Waals surface area contributed by atoms with Crippen LogP contribution >= 0.6 is 15.9 Å². The number of methoxy groups -OCH3 is 1. The normalized spacial score (nSPS) is 11.2. The van der Waals surface area contributed by atoms with Crippen molar-refractivity contribution in [2.24, 2.45) is 0 Å². The summed E-state index contributed by atoms with van der Waals surface area (Å²) >= 11 is 3.44. The van der Waals surface area contributed by atoms with E-state index in [1.54, 1.807) is 7.11 Å². The third kappa shape index (κ3) is 2.76. The summed E-state index contributed by atoms with van der Waals surface area (Å²) in [7, 11) is 1.59. The van der Waals surface area contributed by atoms with E-state index in [1.165, 1.54) is 0 Å². The summed E-state index contributed by atoms with van der Waals surface area (Å²) in [4.78, 5) is 10.8. The van der Waals surface area contributed by atoms with Gasteiger partial charge >= 0.3 is 5.97 Å². The fraction of sp³-hybridized carbons (Fsp3) is 0.417. The molecule has 0 unspecified atom stereocenters. The van der Waals surface area contributed by atoms with Crippen molar-refractivity contribution in [1.29, 1.82) is 0 Å². The number of rotatable bonds is 4. The molecule has 0 aliphatic carbocycles. The van der Waals surface area contributed by atoms with Crippen LogP contribution in [0.5, 0.6) is 5.75 Å². The number of benzene rings is 1. The van der Waals surface area contributed by atoms with Gasteiger partial charge in [0.2, 0.25) is 0 Å². The largest absolute Gasteiger partial charge is 0.496 e. The van der Waals surface area contributed by atoms with Crippen LogP contribution in [0.2, 0.25) is 0 Å². The topological polar surface area (TPSA) is 46.5 Å². The zero-order chi connectivity index (χ0) is 12.3. The average molecular weight is 287 g/mol. The molecule has 0 saturated heterocycles. The van der Waals surface area contributed by atoms with Gasteiger partial charge in [0, 0.05) is 15.5 Å². The number of carbonyl (C=O) groups is 1. The van der Waals surface area contributed by atoms with Crippen LogP contribution in [-0.2, 0) is 10.2 Å². The molecule has 0 saturated carbocycles. The molecule has 0 amide bonds. The molecule has 0 spiro atoms. The Kier molecular flexibility index (Phi) is 3.97. The van der Waals surface area contributed by atoms with Crippen molar-refractivity contribution in [2.75, 3.05) is 7.11 Å². The second kappa shape index (κ2) is 4.87. The first-order valence-electron chi connectivity index (χ1n) is 4.93. The van der Waals surface area contributed by atoms with Crippen LogP contribution in [-0.4, -0.2) is 18.2 Å². The molecule has 0 aliphatic heterocycles. The maximum atomic E-state index is 10.8. The highest BCUT2D eigenvalue weighted by Gasteiger charge is 2.29. The van der Waals surface area contributed by atoms with Crippen molar-refractivity contribution in [3.63, 3.8) is 0 Å². The molecule has 0 aromatic heterocycles. The van der Waals surface area contributed by atoms with Gasteiger partial charge in [0.05, 0.1) is 13.5 Å². The smallest absolute Gasteiger partial charge is 0.304 e. The maximum Gasteiger partial charge on any atom is 0.304 e.